The van der Waals surface area contributed by atoms with Crippen molar-refractivity contribution in [2.45, 2.75) is 4.90 Å². The zero-order valence-corrected chi connectivity index (χ0v) is 14.7. The van der Waals surface area contributed by atoms with Gasteiger partial charge in [0.15, 0.2) is 0 Å². The molecule has 0 fully saturated rings. The first-order chi connectivity index (χ1) is 12.3. The van der Waals surface area contributed by atoms with E-state index >= 15 is 0 Å². The Hall–Kier alpha value is -3.20. The summed E-state index contributed by atoms with van der Waals surface area (Å²) in [7, 11) is -2.83. The summed E-state index contributed by atoms with van der Waals surface area (Å²) in [5.41, 5.74) is 0.220. The lowest BCUT2D eigenvalue weighted by atomic mass is 10.2. The van der Waals surface area contributed by atoms with Crippen molar-refractivity contribution in [1.82, 2.24) is 0 Å². The molecule has 2 rings (SSSR count). The maximum atomic E-state index is 12.9. The van der Waals surface area contributed by atoms with Crippen LogP contribution in [0.1, 0.15) is 10.4 Å². The van der Waals surface area contributed by atoms with Crippen molar-refractivity contribution in [3.8, 4) is 0 Å². The van der Waals surface area contributed by atoms with Crippen LogP contribution >= 0.6 is 0 Å². The highest BCUT2D eigenvalue weighted by atomic mass is 32.2. The number of rotatable bonds is 7. The molecule has 0 bridgehead atoms. The van der Waals surface area contributed by atoms with Crippen molar-refractivity contribution in [3.63, 3.8) is 0 Å². The summed E-state index contributed by atoms with van der Waals surface area (Å²) in [6.07, 6.45) is 1.39. The Morgan fingerprint density at radius 2 is 1.92 bits per heavy atom. The number of nitro groups is 1. The van der Waals surface area contributed by atoms with Crippen LogP contribution in [0.15, 0.2) is 66.1 Å². The van der Waals surface area contributed by atoms with Crippen molar-refractivity contribution in [2.24, 2.45) is 0 Å². The molecular weight excluding hydrogens is 360 g/mol. The van der Waals surface area contributed by atoms with Gasteiger partial charge in [-0.3, -0.25) is 14.4 Å². The molecule has 26 heavy (non-hydrogen) atoms. The molecule has 0 atom stereocenters. The summed E-state index contributed by atoms with van der Waals surface area (Å²) >= 11 is 0. The number of nitrogens with zero attached hydrogens (tertiary/aromatic N) is 2. The molecule has 0 saturated heterocycles. The van der Waals surface area contributed by atoms with Crippen molar-refractivity contribution >= 4 is 27.4 Å². The van der Waals surface area contributed by atoms with Crippen LogP contribution < -0.4 is 4.31 Å². The van der Waals surface area contributed by atoms with Crippen molar-refractivity contribution < 1.29 is 22.9 Å². The van der Waals surface area contributed by atoms with E-state index < -0.39 is 20.9 Å². The SMILES string of the molecule is C=CCN(c1ccc(C(=O)OC)cc1)S(=O)(=O)c1cccc([N+](=O)[O-])c1. The number of hydrogen-bond donors (Lipinski definition) is 0. The second-order valence-electron chi connectivity index (χ2n) is 5.12. The monoisotopic (exact) mass is 376 g/mol. The molecule has 0 aromatic heterocycles. The average Bonchev–Trinajstić information content (AvgIpc) is 2.65. The maximum absolute atomic E-state index is 12.9. The first-order valence-electron chi connectivity index (χ1n) is 7.37. The highest BCUT2D eigenvalue weighted by Crippen LogP contribution is 2.26. The largest absolute Gasteiger partial charge is 0.465 e. The number of benzene rings is 2. The quantitative estimate of drug-likeness (QED) is 0.318. The van der Waals surface area contributed by atoms with Gasteiger partial charge >= 0.3 is 5.97 Å². The van der Waals surface area contributed by atoms with Crippen LogP contribution in [0.2, 0.25) is 0 Å². The highest BCUT2D eigenvalue weighted by Gasteiger charge is 2.26. The molecule has 0 aliphatic heterocycles. The van der Waals surface area contributed by atoms with E-state index in [0.29, 0.717) is 0 Å². The molecule has 0 aliphatic rings. The molecule has 0 saturated carbocycles. The van der Waals surface area contributed by atoms with Crippen LogP contribution in [0.25, 0.3) is 0 Å². The number of esters is 1. The molecule has 0 amide bonds. The van der Waals surface area contributed by atoms with Crippen LogP contribution in [0.5, 0.6) is 0 Å². The van der Waals surface area contributed by atoms with Gasteiger partial charge in [-0.1, -0.05) is 12.1 Å². The smallest absolute Gasteiger partial charge is 0.337 e. The number of carbonyl (C=O) groups is 1. The van der Waals surface area contributed by atoms with Gasteiger partial charge in [0.25, 0.3) is 15.7 Å². The standard InChI is InChI=1S/C17H16N2O6S/c1-3-11-18(14-9-7-13(8-10-14)17(20)25-2)26(23,24)16-6-4-5-15(12-16)19(21)22/h3-10,12H,1,11H2,2H3. The zero-order chi connectivity index (χ0) is 19.3. The number of nitro benzene ring substituents is 1. The normalized spacial score (nSPS) is 10.8. The van der Waals surface area contributed by atoms with Crippen LogP contribution in [-0.2, 0) is 14.8 Å². The molecule has 0 heterocycles. The Bertz CT molecular complexity index is 938. The third kappa shape index (κ3) is 3.89. The lowest BCUT2D eigenvalue weighted by Crippen LogP contribution is -2.31. The van der Waals surface area contributed by atoms with E-state index in [1.54, 1.807) is 0 Å². The Morgan fingerprint density at radius 1 is 1.27 bits per heavy atom. The van der Waals surface area contributed by atoms with E-state index in [4.69, 9.17) is 0 Å². The Morgan fingerprint density at radius 3 is 2.46 bits per heavy atom. The van der Waals surface area contributed by atoms with Gasteiger partial charge in [0, 0.05) is 12.1 Å². The summed E-state index contributed by atoms with van der Waals surface area (Å²) in [4.78, 5) is 21.5. The molecule has 0 aliphatic carbocycles. The molecule has 0 N–H and O–H groups in total. The van der Waals surface area contributed by atoms with Crippen molar-refractivity contribution in [3.05, 3.63) is 76.9 Å². The second kappa shape index (κ2) is 7.79. The van der Waals surface area contributed by atoms with Crippen LogP contribution in [0, 0.1) is 10.1 Å². The van der Waals surface area contributed by atoms with E-state index in [9.17, 15) is 23.3 Å². The zero-order valence-electron chi connectivity index (χ0n) is 13.9. The first-order valence-corrected chi connectivity index (χ1v) is 8.81. The number of hydrogen-bond acceptors (Lipinski definition) is 6. The van der Waals surface area contributed by atoms with E-state index in [-0.39, 0.29) is 28.4 Å². The van der Waals surface area contributed by atoms with E-state index in [1.807, 2.05) is 0 Å². The highest BCUT2D eigenvalue weighted by molar-refractivity contribution is 7.92. The molecule has 8 nitrogen and oxygen atoms in total. The van der Waals surface area contributed by atoms with Gasteiger partial charge in [-0.15, -0.1) is 6.58 Å². The summed E-state index contributed by atoms with van der Waals surface area (Å²) < 4.78 is 31.5. The predicted octanol–water partition coefficient (Wildman–Crippen LogP) is 2.76. The first kappa shape index (κ1) is 19.1. The summed E-state index contributed by atoms with van der Waals surface area (Å²) in [6.45, 7) is 3.50. The fourth-order valence-electron chi connectivity index (χ4n) is 2.23. The number of carbonyl (C=O) groups excluding carboxylic acids is 1. The van der Waals surface area contributed by atoms with Gasteiger partial charge in [-0.05, 0) is 30.3 Å². The van der Waals surface area contributed by atoms with Gasteiger partial charge in [0.2, 0.25) is 0 Å². The Balaban J connectivity index is 2.48. The van der Waals surface area contributed by atoms with Crippen LogP contribution in [0.3, 0.4) is 0 Å². The topological polar surface area (TPSA) is 107 Å². The summed E-state index contributed by atoms with van der Waals surface area (Å²) in [5, 5.41) is 10.9. The molecule has 136 valence electrons. The van der Waals surface area contributed by atoms with Gasteiger partial charge in [0.1, 0.15) is 0 Å². The molecular formula is C17H16N2O6S. The van der Waals surface area contributed by atoms with E-state index in [2.05, 4.69) is 11.3 Å². The fraction of sp³-hybridized carbons (Fsp3) is 0.118. The summed E-state index contributed by atoms with van der Waals surface area (Å²) in [5.74, 6) is -0.548. The van der Waals surface area contributed by atoms with Gasteiger partial charge < -0.3 is 4.74 Å². The molecule has 2 aromatic carbocycles. The number of ether oxygens (including phenoxy) is 1. The number of methoxy groups -OCH3 is 1. The van der Waals surface area contributed by atoms with Gasteiger partial charge in [-0.25, -0.2) is 13.2 Å². The van der Waals surface area contributed by atoms with Gasteiger partial charge in [-0.2, -0.15) is 0 Å². The number of anilines is 1. The van der Waals surface area contributed by atoms with E-state index in [0.717, 1.165) is 10.4 Å². The molecule has 2 aromatic rings. The minimum absolute atomic E-state index is 0.0530. The molecule has 0 radical (unpaired) electrons. The predicted molar refractivity (Wildman–Crippen MR) is 95.6 cm³/mol. The Labute approximate surface area is 150 Å². The minimum atomic E-state index is -4.07. The fourth-order valence-corrected chi connectivity index (χ4v) is 3.70. The molecule has 0 unspecified atom stereocenters. The van der Waals surface area contributed by atoms with Crippen molar-refractivity contribution in [1.29, 1.82) is 0 Å². The molecule has 9 heteroatoms. The van der Waals surface area contributed by atoms with Crippen molar-refractivity contribution in [2.75, 3.05) is 18.0 Å². The Kier molecular flexibility index (Phi) is 5.73. The second-order valence-corrected chi connectivity index (χ2v) is 6.98. The number of non-ortho nitro benzene ring substituents is 1. The van der Waals surface area contributed by atoms with Crippen LogP contribution in [-0.4, -0.2) is 33.0 Å². The average molecular weight is 376 g/mol. The molecule has 0 spiro atoms. The van der Waals surface area contributed by atoms with Gasteiger partial charge in [0.05, 0.1) is 34.7 Å². The van der Waals surface area contributed by atoms with Crippen LogP contribution in [0.4, 0.5) is 11.4 Å². The lowest BCUT2D eigenvalue weighted by molar-refractivity contribution is -0.385. The number of sulfonamides is 1. The third-order valence-electron chi connectivity index (χ3n) is 3.49. The lowest BCUT2D eigenvalue weighted by Gasteiger charge is -2.23. The maximum Gasteiger partial charge on any atom is 0.337 e. The minimum Gasteiger partial charge on any atom is -0.465 e. The third-order valence-corrected chi connectivity index (χ3v) is 5.28. The summed E-state index contributed by atoms with van der Waals surface area (Å²) in [6, 6.07) is 10.5. The van der Waals surface area contributed by atoms with E-state index in [1.165, 1.54) is 55.7 Å².